The van der Waals surface area contributed by atoms with Gasteiger partial charge < -0.3 is 14.9 Å². The molecule has 1 aromatic carbocycles. The number of nitrogens with two attached hydrogens (primary N) is 1. The summed E-state index contributed by atoms with van der Waals surface area (Å²) in [6.07, 6.45) is 0. The van der Waals surface area contributed by atoms with E-state index in [1.807, 2.05) is 24.3 Å². The fourth-order valence-electron chi connectivity index (χ4n) is 1.23. The second-order valence-electron chi connectivity index (χ2n) is 3.32. The van der Waals surface area contributed by atoms with E-state index in [1.165, 1.54) is 11.8 Å². The Labute approximate surface area is 103 Å². The van der Waals surface area contributed by atoms with Crippen LogP contribution >= 0.6 is 11.8 Å². The molecule has 6 heteroatoms. The molecule has 0 radical (unpaired) electrons. The van der Waals surface area contributed by atoms with E-state index in [1.54, 1.807) is 6.92 Å². The lowest BCUT2D eigenvalue weighted by Gasteiger charge is -2.06. The molecule has 2 aromatic rings. The summed E-state index contributed by atoms with van der Waals surface area (Å²) in [6.45, 7) is 2.30. The average molecular weight is 251 g/mol. The van der Waals surface area contributed by atoms with Gasteiger partial charge in [0.05, 0.1) is 12.3 Å². The molecule has 0 saturated heterocycles. The first-order chi connectivity index (χ1) is 8.25. The first kappa shape index (κ1) is 11.8. The third kappa shape index (κ3) is 3.39. The Kier molecular flexibility index (Phi) is 3.87. The Morgan fingerprint density at radius 2 is 2.18 bits per heavy atom. The Morgan fingerprint density at radius 3 is 2.88 bits per heavy atom. The van der Waals surface area contributed by atoms with Crippen LogP contribution in [0.15, 0.2) is 33.9 Å². The molecular weight excluding hydrogens is 238 g/mol. The van der Waals surface area contributed by atoms with E-state index in [0.29, 0.717) is 29.2 Å². The van der Waals surface area contributed by atoms with E-state index in [2.05, 4.69) is 10.2 Å². The van der Waals surface area contributed by atoms with Crippen molar-refractivity contribution in [3.63, 3.8) is 0 Å². The summed E-state index contributed by atoms with van der Waals surface area (Å²) < 4.78 is 10.7. The maximum absolute atomic E-state index is 5.74. The zero-order chi connectivity index (χ0) is 12.1. The van der Waals surface area contributed by atoms with Crippen molar-refractivity contribution in [3.05, 3.63) is 30.2 Å². The first-order valence-electron chi connectivity index (χ1n) is 5.16. The third-order valence-corrected chi connectivity index (χ3v) is 2.78. The SMILES string of the molecule is Cc1nnc(SCCOc2ccccc2N)o1. The van der Waals surface area contributed by atoms with E-state index < -0.39 is 0 Å². The summed E-state index contributed by atoms with van der Waals surface area (Å²) in [4.78, 5) is 0. The average Bonchev–Trinajstić information content (AvgIpc) is 2.73. The second-order valence-corrected chi connectivity index (χ2v) is 4.37. The Balaban J connectivity index is 1.75. The number of ether oxygens (including phenoxy) is 1. The van der Waals surface area contributed by atoms with Crippen LogP contribution in [0.3, 0.4) is 0 Å². The quantitative estimate of drug-likeness (QED) is 0.498. The lowest BCUT2D eigenvalue weighted by molar-refractivity contribution is 0.344. The van der Waals surface area contributed by atoms with E-state index in [-0.39, 0.29) is 0 Å². The van der Waals surface area contributed by atoms with Crippen molar-refractivity contribution in [2.45, 2.75) is 12.1 Å². The topological polar surface area (TPSA) is 74.2 Å². The predicted octanol–water partition coefficient (Wildman–Crippen LogP) is 2.13. The number of nitrogen functional groups attached to an aromatic ring is 1. The molecule has 90 valence electrons. The summed E-state index contributed by atoms with van der Waals surface area (Å²) in [7, 11) is 0. The standard InChI is InChI=1S/C11H13N3O2S/c1-8-13-14-11(16-8)17-7-6-15-10-5-3-2-4-9(10)12/h2-5H,6-7,12H2,1H3. The number of hydrogen-bond acceptors (Lipinski definition) is 6. The second kappa shape index (κ2) is 5.58. The number of benzene rings is 1. The van der Waals surface area contributed by atoms with Gasteiger partial charge in [-0.1, -0.05) is 23.9 Å². The molecule has 1 aromatic heterocycles. The molecule has 0 spiro atoms. The van der Waals surface area contributed by atoms with Gasteiger partial charge >= 0.3 is 0 Å². The van der Waals surface area contributed by atoms with Gasteiger partial charge in [0, 0.05) is 12.7 Å². The van der Waals surface area contributed by atoms with E-state index in [0.717, 1.165) is 5.75 Å². The minimum Gasteiger partial charge on any atom is -0.491 e. The van der Waals surface area contributed by atoms with Crippen molar-refractivity contribution in [1.82, 2.24) is 10.2 Å². The molecule has 0 bridgehead atoms. The van der Waals surface area contributed by atoms with E-state index >= 15 is 0 Å². The van der Waals surface area contributed by atoms with Crippen LogP contribution in [-0.4, -0.2) is 22.6 Å². The molecule has 0 aliphatic heterocycles. The molecule has 0 atom stereocenters. The van der Waals surface area contributed by atoms with Crippen molar-refractivity contribution in [3.8, 4) is 5.75 Å². The van der Waals surface area contributed by atoms with E-state index in [4.69, 9.17) is 14.9 Å². The molecule has 0 saturated carbocycles. The zero-order valence-corrected chi connectivity index (χ0v) is 10.2. The fraction of sp³-hybridized carbons (Fsp3) is 0.273. The monoisotopic (exact) mass is 251 g/mol. The van der Waals surface area contributed by atoms with Gasteiger partial charge in [0.25, 0.3) is 5.22 Å². The molecule has 0 unspecified atom stereocenters. The highest BCUT2D eigenvalue weighted by molar-refractivity contribution is 7.99. The number of rotatable bonds is 5. The molecule has 2 N–H and O–H groups in total. The van der Waals surface area contributed by atoms with Crippen LogP contribution in [0, 0.1) is 6.92 Å². The number of hydrogen-bond donors (Lipinski definition) is 1. The van der Waals surface area contributed by atoms with Crippen LogP contribution in [0.1, 0.15) is 5.89 Å². The molecule has 17 heavy (non-hydrogen) atoms. The van der Waals surface area contributed by atoms with Crippen molar-refractivity contribution in [2.75, 3.05) is 18.1 Å². The summed E-state index contributed by atoms with van der Waals surface area (Å²) in [5.41, 5.74) is 6.39. The number of thioether (sulfide) groups is 1. The number of aromatic nitrogens is 2. The van der Waals surface area contributed by atoms with Gasteiger partial charge in [-0.05, 0) is 12.1 Å². The summed E-state index contributed by atoms with van der Waals surface area (Å²) >= 11 is 1.46. The van der Waals surface area contributed by atoms with Gasteiger partial charge in [0.15, 0.2) is 0 Å². The highest BCUT2D eigenvalue weighted by Crippen LogP contribution is 2.21. The third-order valence-electron chi connectivity index (χ3n) is 1.99. The highest BCUT2D eigenvalue weighted by atomic mass is 32.2. The summed E-state index contributed by atoms with van der Waals surface area (Å²) in [6, 6.07) is 7.42. The largest absolute Gasteiger partial charge is 0.491 e. The van der Waals surface area contributed by atoms with Crippen LogP contribution in [0.4, 0.5) is 5.69 Å². The van der Waals surface area contributed by atoms with Crippen molar-refractivity contribution >= 4 is 17.4 Å². The molecule has 2 rings (SSSR count). The number of para-hydroxylation sites is 2. The predicted molar refractivity (Wildman–Crippen MR) is 66.1 cm³/mol. The number of aryl methyl sites for hydroxylation is 1. The molecule has 0 aliphatic rings. The molecule has 0 aliphatic carbocycles. The summed E-state index contributed by atoms with van der Waals surface area (Å²) in [5.74, 6) is 2.01. The zero-order valence-electron chi connectivity index (χ0n) is 9.42. The minimum absolute atomic E-state index is 0.542. The number of anilines is 1. The van der Waals surface area contributed by atoms with Gasteiger partial charge in [-0.3, -0.25) is 0 Å². The number of nitrogens with zero attached hydrogens (tertiary/aromatic N) is 2. The van der Waals surface area contributed by atoms with Gasteiger partial charge in [-0.2, -0.15) is 0 Å². The summed E-state index contributed by atoms with van der Waals surface area (Å²) in [5, 5.41) is 8.18. The van der Waals surface area contributed by atoms with Crippen LogP contribution in [0.25, 0.3) is 0 Å². The molecule has 5 nitrogen and oxygen atoms in total. The van der Waals surface area contributed by atoms with Crippen LogP contribution < -0.4 is 10.5 Å². The van der Waals surface area contributed by atoms with Crippen LogP contribution in [0.5, 0.6) is 5.75 Å². The normalized spacial score (nSPS) is 10.4. The Hall–Kier alpha value is -1.69. The highest BCUT2D eigenvalue weighted by Gasteiger charge is 2.03. The lowest BCUT2D eigenvalue weighted by atomic mass is 10.3. The van der Waals surface area contributed by atoms with Crippen molar-refractivity contribution in [2.24, 2.45) is 0 Å². The maximum Gasteiger partial charge on any atom is 0.276 e. The van der Waals surface area contributed by atoms with Crippen LogP contribution in [-0.2, 0) is 0 Å². The van der Waals surface area contributed by atoms with Gasteiger partial charge in [-0.25, -0.2) is 0 Å². The maximum atomic E-state index is 5.74. The minimum atomic E-state index is 0.542. The molecule has 1 heterocycles. The van der Waals surface area contributed by atoms with Gasteiger partial charge in [-0.15, -0.1) is 10.2 Å². The molecule has 0 fully saturated rings. The molecular formula is C11H13N3O2S. The van der Waals surface area contributed by atoms with Crippen molar-refractivity contribution in [1.29, 1.82) is 0 Å². The lowest BCUT2D eigenvalue weighted by Crippen LogP contribution is -2.02. The Morgan fingerprint density at radius 1 is 1.35 bits per heavy atom. The smallest absolute Gasteiger partial charge is 0.276 e. The van der Waals surface area contributed by atoms with Crippen LogP contribution in [0.2, 0.25) is 0 Å². The van der Waals surface area contributed by atoms with Crippen molar-refractivity contribution < 1.29 is 9.15 Å². The fourth-order valence-corrected chi connectivity index (χ4v) is 1.85. The Bertz CT molecular complexity index is 487. The van der Waals surface area contributed by atoms with E-state index in [9.17, 15) is 0 Å². The molecule has 0 amide bonds. The van der Waals surface area contributed by atoms with Gasteiger partial charge in [0.1, 0.15) is 5.75 Å². The first-order valence-corrected chi connectivity index (χ1v) is 6.14. The van der Waals surface area contributed by atoms with Gasteiger partial charge in [0.2, 0.25) is 5.89 Å².